The van der Waals surface area contributed by atoms with Crippen LogP contribution in [-0.4, -0.2) is 28.7 Å². The van der Waals surface area contributed by atoms with Gasteiger partial charge < -0.3 is 9.13 Å². The second-order valence-electron chi connectivity index (χ2n) is 4.25. The van der Waals surface area contributed by atoms with Crippen LogP contribution in [0.4, 0.5) is 0 Å². The first kappa shape index (κ1) is 11.6. The molecule has 0 radical (unpaired) electrons. The summed E-state index contributed by atoms with van der Waals surface area (Å²) in [5.74, 6) is 0. The lowest BCUT2D eigenvalue weighted by Gasteiger charge is -2.06. The van der Waals surface area contributed by atoms with Crippen molar-refractivity contribution in [3.63, 3.8) is 0 Å². The molecule has 3 aromatic rings. The number of aromatic nitrogens is 6. The van der Waals surface area contributed by atoms with Crippen LogP contribution in [0.2, 0.25) is 0 Å². The zero-order chi connectivity index (χ0) is 13.2. The van der Waals surface area contributed by atoms with Crippen LogP contribution < -0.4 is 5.56 Å². The van der Waals surface area contributed by atoms with Crippen molar-refractivity contribution in [1.29, 1.82) is 0 Å². The van der Waals surface area contributed by atoms with E-state index in [4.69, 9.17) is 0 Å². The van der Waals surface area contributed by atoms with Gasteiger partial charge in [-0.2, -0.15) is 0 Å². The zero-order valence-corrected chi connectivity index (χ0v) is 10.6. The van der Waals surface area contributed by atoms with Crippen molar-refractivity contribution in [3.8, 4) is 0 Å². The van der Waals surface area contributed by atoms with Gasteiger partial charge in [0.15, 0.2) is 11.2 Å². The van der Waals surface area contributed by atoms with Crippen LogP contribution in [0.3, 0.4) is 0 Å². The van der Waals surface area contributed by atoms with Gasteiger partial charge in [-0.3, -0.25) is 9.36 Å². The summed E-state index contributed by atoms with van der Waals surface area (Å²) in [4.78, 5) is 24.7. The molecule has 0 saturated heterocycles. The van der Waals surface area contributed by atoms with Gasteiger partial charge in [-0.25, -0.2) is 15.0 Å². The minimum absolute atomic E-state index is 0.0997. The Morgan fingerprint density at radius 3 is 2.68 bits per heavy atom. The molecule has 0 aliphatic carbocycles. The van der Waals surface area contributed by atoms with Gasteiger partial charge >= 0.3 is 0 Å². The summed E-state index contributed by atoms with van der Waals surface area (Å²) in [6.45, 7) is 3.98. The van der Waals surface area contributed by atoms with Gasteiger partial charge in [0.05, 0.1) is 12.7 Å². The summed E-state index contributed by atoms with van der Waals surface area (Å²) in [6.07, 6.45) is 8.54. The molecule has 3 aromatic heterocycles. The first-order chi connectivity index (χ1) is 9.29. The van der Waals surface area contributed by atoms with E-state index in [9.17, 15) is 4.79 Å². The Labute approximate surface area is 109 Å². The highest BCUT2D eigenvalue weighted by molar-refractivity contribution is 5.68. The van der Waals surface area contributed by atoms with Crippen molar-refractivity contribution in [1.82, 2.24) is 28.7 Å². The normalized spacial score (nSPS) is 11.2. The third-order valence-corrected chi connectivity index (χ3v) is 3.09. The molecule has 0 fully saturated rings. The highest BCUT2D eigenvalue weighted by Gasteiger charge is 2.09. The van der Waals surface area contributed by atoms with Gasteiger partial charge in [0, 0.05) is 32.0 Å². The number of aryl methyl sites for hydroxylation is 3. The van der Waals surface area contributed by atoms with Crippen LogP contribution in [0.1, 0.15) is 6.92 Å². The molecule has 7 heteroatoms. The zero-order valence-electron chi connectivity index (χ0n) is 10.6. The van der Waals surface area contributed by atoms with Gasteiger partial charge in [0.25, 0.3) is 5.56 Å². The Kier molecular flexibility index (Phi) is 2.86. The van der Waals surface area contributed by atoms with Crippen molar-refractivity contribution in [2.75, 3.05) is 0 Å². The second-order valence-corrected chi connectivity index (χ2v) is 4.25. The molecule has 0 amide bonds. The molecule has 19 heavy (non-hydrogen) atoms. The first-order valence-electron chi connectivity index (χ1n) is 6.15. The molecule has 0 N–H and O–H groups in total. The van der Waals surface area contributed by atoms with Crippen LogP contribution in [0.5, 0.6) is 0 Å². The number of imidazole rings is 2. The maximum Gasteiger partial charge on any atom is 0.281 e. The molecular weight excluding hydrogens is 244 g/mol. The van der Waals surface area contributed by atoms with Crippen LogP contribution in [0, 0.1) is 0 Å². The Morgan fingerprint density at radius 1 is 1.11 bits per heavy atom. The van der Waals surface area contributed by atoms with E-state index in [0.717, 1.165) is 6.54 Å². The lowest BCUT2D eigenvalue weighted by molar-refractivity contribution is 0.560. The van der Waals surface area contributed by atoms with Gasteiger partial charge in [0.1, 0.15) is 6.33 Å². The highest BCUT2D eigenvalue weighted by atomic mass is 16.1. The lowest BCUT2D eigenvalue weighted by Crippen LogP contribution is -2.23. The standard InChI is InChI=1S/C12H14N6O/c1-2-17-8-14-10-11(17)15-9-18(12(10)19)6-5-16-4-3-13-7-16/h3-4,7-9H,2,5-6H2,1H3. The fraction of sp³-hybridized carbons (Fsp3) is 0.333. The molecule has 0 atom stereocenters. The molecule has 0 unspecified atom stereocenters. The molecule has 0 aromatic carbocycles. The second kappa shape index (κ2) is 4.68. The topological polar surface area (TPSA) is 70.5 Å². The number of nitrogens with zero attached hydrogens (tertiary/aromatic N) is 6. The van der Waals surface area contributed by atoms with Crippen LogP contribution in [0.25, 0.3) is 11.2 Å². The molecule has 98 valence electrons. The molecule has 3 rings (SSSR count). The minimum Gasteiger partial charge on any atom is -0.336 e. The summed E-state index contributed by atoms with van der Waals surface area (Å²) >= 11 is 0. The van der Waals surface area contributed by atoms with E-state index in [2.05, 4.69) is 15.0 Å². The van der Waals surface area contributed by atoms with E-state index in [1.54, 1.807) is 29.7 Å². The first-order valence-corrected chi connectivity index (χ1v) is 6.15. The fourth-order valence-corrected chi connectivity index (χ4v) is 2.01. The molecule has 0 saturated carbocycles. The van der Waals surface area contributed by atoms with Crippen molar-refractivity contribution < 1.29 is 0 Å². The molecule has 0 aliphatic heterocycles. The molecule has 0 bridgehead atoms. The summed E-state index contributed by atoms with van der Waals surface area (Å²) < 4.78 is 5.35. The predicted octanol–water partition coefficient (Wildman–Crippen LogP) is 0.510. The Hall–Kier alpha value is -2.44. The molecule has 0 spiro atoms. The van der Waals surface area contributed by atoms with E-state index in [1.165, 1.54) is 0 Å². The molecule has 3 heterocycles. The number of hydrogen-bond acceptors (Lipinski definition) is 4. The third kappa shape index (κ3) is 2.03. The summed E-state index contributed by atoms with van der Waals surface area (Å²) in [6, 6.07) is 0. The molecule has 7 nitrogen and oxygen atoms in total. The average Bonchev–Trinajstić information content (AvgIpc) is 3.07. The summed E-state index contributed by atoms with van der Waals surface area (Å²) in [5.41, 5.74) is 0.971. The van der Waals surface area contributed by atoms with E-state index in [-0.39, 0.29) is 5.56 Å². The largest absolute Gasteiger partial charge is 0.336 e. The van der Waals surface area contributed by atoms with E-state index in [0.29, 0.717) is 24.3 Å². The number of fused-ring (bicyclic) bond motifs is 1. The van der Waals surface area contributed by atoms with E-state index < -0.39 is 0 Å². The monoisotopic (exact) mass is 258 g/mol. The van der Waals surface area contributed by atoms with E-state index >= 15 is 0 Å². The van der Waals surface area contributed by atoms with Gasteiger partial charge in [-0.05, 0) is 6.92 Å². The Balaban J connectivity index is 1.92. The van der Waals surface area contributed by atoms with Gasteiger partial charge in [-0.1, -0.05) is 0 Å². The van der Waals surface area contributed by atoms with Crippen LogP contribution in [-0.2, 0) is 19.6 Å². The van der Waals surface area contributed by atoms with Crippen molar-refractivity contribution in [3.05, 3.63) is 41.7 Å². The number of rotatable bonds is 4. The van der Waals surface area contributed by atoms with Crippen molar-refractivity contribution in [2.45, 2.75) is 26.6 Å². The Morgan fingerprint density at radius 2 is 1.95 bits per heavy atom. The van der Waals surface area contributed by atoms with Gasteiger partial charge in [0.2, 0.25) is 0 Å². The van der Waals surface area contributed by atoms with Crippen molar-refractivity contribution >= 4 is 11.2 Å². The minimum atomic E-state index is -0.0997. The van der Waals surface area contributed by atoms with E-state index in [1.807, 2.05) is 22.3 Å². The quantitative estimate of drug-likeness (QED) is 0.683. The lowest BCUT2D eigenvalue weighted by atomic mass is 10.5. The fourth-order valence-electron chi connectivity index (χ4n) is 2.01. The molecule has 0 aliphatic rings. The third-order valence-electron chi connectivity index (χ3n) is 3.09. The Bertz CT molecular complexity index is 739. The van der Waals surface area contributed by atoms with Crippen LogP contribution >= 0.6 is 0 Å². The van der Waals surface area contributed by atoms with Crippen molar-refractivity contribution in [2.24, 2.45) is 0 Å². The molecular formula is C12H14N6O. The maximum atomic E-state index is 12.2. The van der Waals surface area contributed by atoms with Crippen LogP contribution in [0.15, 0.2) is 36.2 Å². The predicted molar refractivity (Wildman–Crippen MR) is 69.7 cm³/mol. The number of hydrogen-bond donors (Lipinski definition) is 0. The SMILES string of the molecule is CCn1cnc2c(=O)n(CCn3ccnc3)cnc21. The van der Waals surface area contributed by atoms with Gasteiger partial charge in [-0.15, -0.1) is 0 Å². The average molecular weight is 258 g/mol. The summed E-state index contributed by atoms with van der Waals surface area (Å²) in [5, 5.41) is 0. The summed E-state index contributed by atoms with van der Waals surface area (Å²) in [7, 11) is 0. The maximum absolute atomic E-state index is 12.2. The highest BCUT2D eigenvalue weighted by Crippen LogP contribution is 2.04. The smallest absolute Gasteiger partial charge is 0.281 e.